The topological polar surface area (TPSA) is 85.4 Å². The minimum Gasteiger partial charge on any atom is -0.381 e. The molecule has 1 fully saturated rings. The number of aromatic nitrogens is 1. The van der Waals surface area contributed by atoms with E-state index in [0.29, 0.717) is 5.56 Å². The third-order valence-electron chi connectivity index (χ3n) is 4.92. The average Bonchev–Trinajstić information content (AvgIpc) is 2.60. The van der Waals surface area contributed by atoms with Gasteiger partial charge in [0.15, 0.2) is 5.78 Å². The van der Waals surface area contributed by atoms with Crippen LogP contribution >= 0.6 is 15.9 Å². The Balaban J connectivity index is 1.76. The highest BCUT2D eigenvalue weighted by molar-refractivity contribution is 9.10. The maximum Gasteiger partial charge on any atom is 0.264 e. The van der Waals surface area contributed by atoms with E-state index >= 15 is 0 Å². The lowest BCUT2D eigenvalue weighted by Gasteiger charge is -2.30. The number of Topliss-reactive ketones (excluding diaryl/α,β-unsaturated/α-hetero) is 1. The van der Waals surface area contributed by atoms with Crippen LogP contribution in [0.5, 0.6) is 0 Å². The predicted molar refractivity (Wildman–Crippen MR) is 110 cm³/mol. The second-order valence-corrected chi connectivity index (χ2v) is 9.67. The van der Waals surface area contributed by atoms with E-state index in [0.717, 1.165) is 53.0 Å². The zero-order chi connectivity index (χ0) is 19.6. The number of rotatable bonds is 6. The van der Waals surface area contributed by atoms with Crippen LogP contribution in [0.1, 0.15) is 43.0 Å². The largest absolute Gasteiger partial charge is 0.381 e. The van der Waals surface area contributed by atoms with Gasteiger partial charge in [0.2, 0.25) is 0 Å². The second-order valence-electron chi connectivity index (χ2n) is 7.12. The summed E-state index contributed by atoms with van der Waals surface area (Å²) in [5.74, 6) is 0.218. The van der Waals surface area contributed by atoms with Crippen LogP contribution in [-0.4, -0.2) is 38.1 Å². The molecule has 27 heavy (non-hydrogen) atoms. The van der Waals surface area contributed by atoms with Crippen molar-refractivity contribution >= 4 is 48.4 Å². The number of hydrogen-bond donors (Lipinski definition) is 1. The fourth-order valence-electron chi connectivity index (χ4n) is 3.48. The number of fused-ring (bicyclic) bond motifs is 1. The van der Waals surface area contributed by atoms with Crippen LogP contribution < -0.4 is 5.32 Å². The molecule has 0 amide bonds. The van der Waals surface area contributed by atoms with Crippen LogP contribution in [0, 0.1) is 5.92 Å². The molecular formula is C19H23BrN2O4S. The van der Waals surface area contributed by atoms with Crippen LogP contribution in [0.2, 0.25) is 0 Å². The Morgan fingerprint density at radius 1 is 1.30 bits per heavy atom. The molecule has 0 spiro atoms. The minimum absolute atomic E-state index is 0.0258. The maximum absolute atomic E-state index is 12.1. The molecule has 1 aromatic carbocycles. The smallest absolute Gasteiger partial charge is 0.264 e. The van der Waals surface area contributed by atoms with Gasteiger partial charge < -0.3 is 5.32 Å². The van der Waals surface area contributed by atoms with E-state index in [9.17, 15) is 13.2 Å². The molecule has 0 radical (unpaired) electrons. The number of carbonyl (C=O) groups excluding carboxylic acids is 1. The monoisotopic (exact) mass is 454 g/mol. The molecular weight excluding hydrogens is 432 g/mol. The molecule has 1 aliphatic carbocycles. The van der Waals surface area contributed by atoms with Crippen molar-refractivity contribution in [1.82, 2.24) is 4.98 Å². The summed E-state index contributed by atoms with van der Waals surface area (Å²) < 4.78 is 28.2. The number of halogens is 1. The quantitative estimate of drug-likeness (QED) is 0.521. The molecule has 1 heterocycles. The highest BCUT2D eigenvalue weighted by Gasteiger charge is 2.24. The summed E-state index contributed by atoms with van der Waals surface area (Å²) in [5.41, 5.74) is 2.24. The molecule has 1 aliphatic rings. The van der Waals surface area contributed by atoms with E-state index in [2.05, 4.69) is 26.2 Å². The van der Waals surface area contributed by atoms with Crippen molar-refractivity contribution in [2.24, 2.45) is 5.92 Å². The van der Waals surface area contributed by atoms with E-state index in [1.165, 1.54) is 0 Å². The van der Waals surface area contributed by atoms with E-state index < -0.39 is 10.1 Å². The molecule has 8 heteroatoms. The first-order valence-corrected chi connectivity index (χ1v) is 11.5. The van der Waals surface area contributed by atoms with E-state index in [4.69, 9.17) is 4.18 Å². The van der Waals surface area contributed by atoms with Gasteiger partial charge in [0.25, 0.3) is 10.1 Å². The number of nitrogens with one attached hydrogen (secondary N) is 1. The Labute approximate surface area is 168 Å². The van der Waals surface area contributed by atoms with Gasteiger partial charge in [0.1, 0.15) is 0 Å². The summed E-state index contributed by atoms with van der Waals surface area (Å²) in [6.07, 6.45) is 6.27. The fourth-order valence-corrected chi connectivity index (χ4v) is 4.29. The summed E-state index contributed by atoms with van der Waals surface area (Å²) in [7, 11) is -3.39. The molecule has 0 unspecified atom stereocenters. The van der Waals surface area contributed by atoms with Crippen molar-refractivity contribution in [3.63, 3.8) is 0 Å². The predicted octanol–water partition coefficient (Wildman–Crippen LogP) is 4.15. The SMILES string of the molecule is CC(=O)c1cnc2ccc(Br)cc2c1N[C@H]1CC[C@H](COS(C)(=O)=O)CC1. The number of benzene rings is 1. The summed E-state index contributed by atoms with van der Waals surface area (Å²) in [5, 5.41) is 4.47. The first kappa shape index (κ1) is 20.2. The molecule has 0 aliphatic heterocycles. The Kier molecular flexibility index (Phi) is 6.18. The van der Waals surface area contributed by atoms with E-state index in [1.807, 2.05) is 18.2 Å². The third kappa shape index (κ3) is 5.27. The molecule has 0 bridgehead atoms. The van der Waals surface area contributed by atoms with Crippen molar-refractivity contribution < 1.29 is 17.4 Å². The molecule has 146 valence electrons. The normalized spacial score (nSPS) is 20.6. The van der Waals surface area contributed by atoms with Crippen LogP contribution in [0.4, 0.5) is 5.69 Å². The molecule has 0 saturated heterocycles. The lowest BCUT2D eigenvalue weighted by molar-refractivity contribution is 0.101. The first-order valence-electron chi connectivity index (χ1n) is 8.93. The Bertz CT molecular complexity index is 954. The maximum atomic E-state index is 12.1. The highest BCUT2D eigenvalue weighted by Crippen LogP contribution is 2.33. The number of hydrogen-bond acceptors (Lipinski definition) is 6. The first-order chi connectivity index (χ1) is 12.7. The zero-order valence-electron chi connectivity index (χ0n) is 15.4. The van der Waals surface area contributed by atoms with Crippen molar-refractivity contribution in [3.8, 4) is 0 Å². The van der Waals surface area contributed by atoms with Gasteiger partial charge in [-0.2, -0.15) is 8.42 Å². The van der Waals surface area contributed by atoms with E-state index in [-0.39, 0.29) is 24.3 Å². The lowest BCUT2D eigenvalue weighted by atomic mass is 9.86. The number of carbonyl (C=O) groups is 1. The number of anilines is 1. The summed E-state index contributed by atoms with van der Waals surface area (Å²) in [4.78, 5) is 16.5. The average molecular weight is 455 g/mol. The summed E-state index contributed by atoms with van der Waals surface area (Å²) in [6.45, 7) is 1.79. The van der Waals surface area contributed by atoms with Gasteiger partial charge in [-0.05, 0) is 56.7 Å². The van der Waals surface area contributed by atoms with Crippen LogP contribution in [-0.2, 0) is 14.3 Å². The van der Waals surface area contributed by atoms with Gasteiger partial charge in [-0.3, -0.25) is 14.0 Å². The molecule has 0 atom stereocenters. The minimum atomic E-state index is -3.39. The lowest BCUT2D eigenvalue weighted by Crippen LogP contribution is -2.29. The summed E-state index contributed by atoms with van der Waals surface area (Å²) in [6, 6.07) is 6.05. The number of ketones is 1. The van der Waals surface area contributed by atoms with Crippen molar-refractivity contribution in [1.29, 1.82) is 0 Å². The van der Waals surface area contributed by atoms with Crippen molar-refractivity contribution in [2.75, 3.05) is 18.2 Å². The van der Waals surface area contributed by atoms with Gasteiger partial charge in [-0.25, -0.2) is 0 Å². The van der Waals surface area contributed by atoms with Crippen LogP contribution in [0.25, 0.3) is 10.9 Å². The van der Waals surface area contributed by atoms with Crippen molar-refractivity contribution in [3.05, 3.63) is 34.4 Å². The molecule has 6 nitrogen and oxygen atoms in total. The van der Waals surface area contributed by atoms with Gasteiger partial charge >= 0.3 is 0 Å². The molecule has 1 saturated carbocycles. The number of nitrogens with zero attached hydrogens (tertiary/aromatic N) is 1. The molecule has 2 aromatic rings. The van der Waals surface area contributed by atoms with Gasteiger partial charge in [0.05, 0.1) is 29.6 Å². The van der Waals surface area contributed by atoms with E-state index in [1.54, 1.807) is 13.1 Å². The Morgan fingerprint density at radius 2 is 2.00 bits per heavy atom. The van der Waals surface area contributed by atoms with Crippen LogP contribution in [0.15, 0.2) is 28.9 Å². The Hall–Kier alpha value is -1.51. The van der Waals surface area contributed by atoms with Crippen molar-refractivity contribution in [2.45, 2.75) is 38.6 Å². The van der Waals surface area contributed by atoms with Gasteiger partial charge in [0, 0.05) is 22.1 Å². The molecule has 1 N–H and O–H groups in total. The third-order valence-corrected chi connectivity index (χ3v) is 5.98. The highest BCUT2D eigenvalue weighted by atomic mass is 79.9. The second kappa shape index (κ2) is 8.24. The number of pyridine rings is 1. The fraction of sp³-hybridized carbons (Fsp3) is 0.474. The molecule has 1 aromatic heterocycles. The van der Waals surface area contributed by atoms with Crippen LogP contribution in [0.3, 0.4) is 0 Å². The zero-order valence-corrected chi connectivity index (χ0v) is 17.8. The molecule has 3 rings (SSSR count). The Morgan fingerprint density at radius 3 is 2.63 bits per heavy atom. The standard InChI is InChI=1S/C19H23BrN2O4S/c1-12(23)17-10-21-18-8-5-14(20)9-16(18)19(17)22-15-6-3-13(4-7-15)11-26-27(2,24)25/h5,8-10,13,15H,3-4,6-7,11H2,1-2H3,(H,21,22)/t13-,15-. The van der Waals surface area contributed by atoms with Gasteiger partial charge in [-0.15, -0.1) is 0 Å². The summed E-state index contributed by atoms with van der Waals surface area (Å²) >= 11 is 3.49. The van der Waals surface area contributed by atoms with Gasteiger partial charge in [-0.1, -0.05) is 15.9 Å².